The molecule has 2 aromatic rings. The molecule has 0 radical (unpaired) electrons. The molecule has 2 aromatic carbocycles. The van der Waals surface area contributed by atoms with Gasteiger partial charge in [-0.1, -0.05) is 24.3 Å². The molecule has 1 unspecified atom stereocenters. The molecule has 1 heterocycles. The number of carbonyl (C=O) groups is 3. The van der Waals surface area contributed by atoms with Crippen LogP contribution in [0, 0.1) is 6.92 Å². The van der Waals surface area contributed by atoms with Gasteiger partial charge in [-0.05, 0) is 49.2 Å². The molecule has 0 aromatic heterocycles. The summed E-state index contributed by atoms with van der Waals surface area (Å²) >= 11 is 0. The lowest BCUT2D eigenvalue weighted by molar-refractivity contribution is -0.131. The molecule has 7 heteroatoms. The fourth-order valence-electron chi connectivity index (χ4n) is 3.28. The zero-order valence-corrected chi connectivity index (χ0v) is 16.0. The van der Waals surface area contributed by atoms with Crippen molar-refractivity contribution in [2.24, 2.45) is 0 Å². The first kappa shape index (κ1) is 19.4. The summed E-state index contributed by atoms with van der Waals surface area (Å²) in [5, 5.41) is 2.79. The van der Waals surface area contributed by atoms with Gasteiger partial charge in [0.15, 0.2) is 0 Å². The van der Waals surface area contributed by atoms with Crippen LogP contribution in [0.15, 0.2) is 48.5 Å². The molecule has 7 nitrogen and oxygen atoms in total. The number of benzene rings is 2. The highest BCUT2D eigenvalue weighted by Crippen LogP contribution is 2.30. The second-order valence-electron chi connectivity index (χ2n) is 6.69. The molecule has 0 saturated carbocycles. The smallest absolute Gasteiger partial charge is 0.337 e. The average molecular weight is 382 g/mol. The summed E-state index contributed by atoms with van der Waals surface area (Å²) in [6.45, 7) is 3.87. The number of aryl methyl sites for hydroxylation is 1. The van der Waals surface area contributed by atoms with Crippen LogP contribution < -0.4 is 10.1 Å². The number of hydrogen-bond acceptors (Lipinski definition) is 5. The van der Waals surface area contributed by atoms with Gasteiger partial charge in [-0.3, -0.25) is 9.69 Å². The predicted octanol–water partition coefficient (Wildman–Crippen LogP) is 2.63. The molecule has 3 amide bonds. The van der Waals surface area contributed by atoms with Crippen molar-refractivity contribution in [3.05, 3.63) is 65.2 Å². The second-order valence-corrected chi connectivity index (χ2v) is 6.69. The fourth-order valence-corrected chi connectivity index (χ4v) is 3.28. The Kier molecular flexibility index (Phi) is 5.35. The number of hydrogen-bond donors (Lipinski definition) is 1. The van der Waals surface area contributed by atoms with E-state index in [9.17, 15) is 14.4 Å². The predicted molar refractivity (Wildman–Crippen MR) is 102 cm³/mol. The molecule has 1 fully saturated rings. The van der Waals surface area contributed by atoms with Crippen LogP contribution in [0.2, 0.25) is 0 Å². The summed E-state index contributed by atoms with van der Waals surface area (Å²) in [6, 6.07) is 13.5. The van der Waals surface area contributed by atoms with Gasteiger partial charge in [0.05, 0.1) is 19.2 Å². The molecular formula is C21H22N2O5. The number of amides is 3. The molecule has 146 valence electrons. The van der Waals surface area contributed by atoms with Crippen molar-refractivity contribution in [1.82, 2.24) is 10.2 Å². The van der Waals surface area contributed by atoms with E-state index in [-0.39, 0.29) is 19.1 Å². The zero-order valence-electron chi connectivity index (χ0n) is 16.0. The molecule has 0 spiro atoms. The lowest BCUT2D eigenvalue weighted by Crippen LogP contribution is -2.41. The normalized spacial score (nSPS) is 18.8. The fraction of sp³-hybridized carbons (Fsp3) is 0.286. The Morgan fingerprint density at radius 3 is 2.43 bits per heavy atom. The van der Waals surface area contributed by atoms with Crippen molar-refractivity contribution >= 4 is 17.9 Å². The molecular weight excluding hydrogens is 360 g/mol. The first-order valence-electron chi connectivity index (χ1n) is 8.88. The summed E-state index contributed by atoms with van der Waals surface area (Å²) in [7, 11) is 1.32. The van der Waals surface area contributed by atoms with E-state index in [4.69, 9.17) is 4.74 Å². The van der Waals surface area contributed by atoms with Crippen molar-refractivity contribution in [3.8, 4) is 5.75 Å². The monoisotopic (exact) mass is 382 g/mol. The quantitative estimate of drug-likeness (QED) is 0.613. The highest BCUT2D eigenvalue weighted by atomic mass is 16.5. The Hall–Kier alpha value is -3.35. The first-order chi connectivity index (χ1) is 13.4. The van der Waals surface area contributed by atoms with Gasteiger partial charge in [0.1, 0.15) is 17.9 Å². The minimum Gasteiger partial charge on any atom is -0.492 e. The Morgan fingerprint density at radius 2 is 1.79 bits per heavy atom. The number of nitrogens with zero attached hydrogens (tertiary/aromatic N) is 1. The molecule has 0 bridgehead atoms. The zero-order chi connectivity index (χ0) is 20.3. The van der Waals surface area contributed by atoms with Gasteiger partial charge < -0.3 is 14.8 Å². The summed E-state index contributed by atoms with van der Waals surface area (Å²) in [5.41, 5.74) is 1.03. The molecule has 1 atom stereocenters. The Morgan fingerprint density at radius 1 is 1.11 bits per heavy atom. The first-order valence-corrected chi connectivity index (χ1v) is 8.88. The maximum absolute atomic E-state index is 12.9. The number of imide groups is 1. The van der Waals surface area contributed by atoms with E-state index < -0.39 is 17.5 Å². The molecule has 1 saturated heterocycles. The van der Waals surface area contributed by atoms with E-state index in [2.05, 4.69) is 10.1 Å². The van der Waals surface area contributed by atoms with Gasteiger partial charge in [0.2, 0.25) is 0 Å². The highest BCUT2D eigenvalue weighted by molar-refractivity contribution is 6.07. The Labute approximate surface area is 163 Å². The van der Waals surface area contributed by atoms with Crippen LogP contribution in [-0.2, 0) is 15.1 Å². The minimum absolute atomic E-state index is 0.116. The van der Waals surface area contributed by atoms with Crippen LogP contribution in [0.25, 0.3) is 0 Å². The second kappa shape index (κ2) is 7.72. The number of methoxy groups -OCH3 is 1. The van der Waals surface area contributed by atoms with Gasteiger partial charge in [-0.15, -0.1) is 0 Å². The van der Waals surface area contributed by atoms with E-state index in [1.165, 1.54) is 7.11 Å². The van der Waals surface area contributed by atoms with Crippen LogP contribution in [0.4, 0.5) is 4.79 Å². The van der Waals surface area contributed by atoms with Gasteiger partial charge in [0, 0.05) is 0 Å². The number of nitrogens with one attached hydrogen (secondary N) is 1. The van der Waals surface area contributed by atoms with Crippen molar-refractivity contribution in [2.45, 2.75) is 19.4 Å². The van der Waals surface area contributed by atoms with Gasteiger partial charge >= 0.3 is 12.0 Å². The molecule has 28 heavy (non-hydrogen) atoms. The standard InChI is InChI=1S/C21H22N2O5/c1-14-6-4-5-7-17(14)21(2)19(25)23(20(26)22-21)12-13-28-16-10-8-15(9-11-16)18(24)27-3/h4-11H,12-13H2,1-3H3,(H,22,26). The van der Waals surface area contributed by atoms with E-state index in [0.717, 1.165) is 16.0 Å². The van der Waals surface area contributed by atoms with Crippen LogP contribution in [0.3, 0.4) is 0 Å². The number of ether oxygens (including phenoxy) is 2. The highest BCUT2D eigenvalue weighted by Gasteiger charge is 2.49. The van der Waals surface area contributed by atoms with Crippen LogP contribution in [0.5, 0.6) is 5.75 Å². The number of esters is 1. The van der Waals surface area contributed by atoms with E-state index in [0.29, 0.717) is 11.3 Å². The number of urea groups is 1. The lowest BCUT2D eigenvalue weighted by atomic mass is 9.88. The van der Waals surface area contributed by atoms with Crippen molar-refractivity contribution < 1.29 is 23.9 Å². The van der Waals surface area contributed by atoms with Crippen LogP contribution in [0.1, 0.15) is 28.4 Å². The summed E-state index contributed by atoms with van der Waals surface area (Å²) in [4.78, 5) is 37.9. The van der Waals surface area contributed by atoms with Crippen molar-refractivity contribution in [2.75, 3.05) is 20.3 Å². The summed E-state index contributed by atoms with van der Waals surface area (Å²) in [6.07, 6.45) is 0. The third-order valence-corrected chi connectivity index (χ3v) is 4.82. The molecule has 0 aliphatic carbocycles. The third-order valence-electron chi connectivity index (χ3n) is 4.82. The average Bonchev–Trinajstić information content (AvgIpc) is 2.92. The largest absolute Gasteiger partial charge is 0.492 e. The van der Waals surface area contributed by atoms with Gasteiger partial charge in [-0.25, -0.2) is 9.59 Å². The third kappa shape index (κ3) is 3.55. The molecule has 1 aliphatic heterocycles. The van der Waals surface area contributed by atoms with Gasteiger partial charge in [0.25, 0.3) is 5.91 Å². The SMILES string of the molecule is COC(=O)c1ccc(OCCN2C(=O)NC(C)(c3ccccc3C)C2=O)cc1. The maximum atomic E-state index is 12.9. The molecule has 1 N–H and O–H groups in total. The lowest BCUT2D eigenvalue weighted by Gasteiger charge is -2.24. The van der Waals surface area contributed by atoms with E-state index in [1.807, 2.05) is 31.2 Å². The van der Waals surface area contributed by atoms with E-state index in [1.54, 1.807) is 31.2 Å². The van der Waals surface area contributed by atoms with E-state index >= 15 is 0 Å². The number of rotatable bonds is 6. The number of carbonyl (C=O) groups excluding carboxylic acids is 3. The van der Waals surface area contributed by atoms with Crippen molar-refractivity contribution in [1.29, 1.82) is 0 Å². The Balaban J connectivity index is 1.64. The van der Waals surface area contributed by atoms with Crippen molar-refractivity contribution in [3.63, 3.8) is 0 Å². The summed E-state index contributed by atoms with van der Waals surface area (Å²) in [5.74, 6) is -0.209. The molecule has 3 rings (SSSR count). The topological polar surface area (TPSA) is 84.9 Å². The molecule has 1 aliphatic rings. The summed E-state index contributed by atoms with van der Waals surface area (Å²) < 4.78 is 10.2. The maximum Gasteiger partial charge on any atom is 0.337 e. The van der Waals surface area contributed by atoms with Crippen LogP contribution >= 0.6 is 0 Å². The van der Waals surface area contributed by atoms with Gasteiger partial charge in [-0.2, -0.15) is 0 Å². The Bertz CT molecular complexity index is 909. The minimum atomic E-state index is -1.09. The van der Waals surface area contributed by atoms with Crippen LogP contribution in [-0.4, -0.2) is 43.1 Å².